The number of aliphatic hydroxyl groups is 1. The first-order valence-corrected chi connectivity index (χ1v) is 7.20. The van der Waals surface area contributed by atoms with Gasteiger partial charge < -0.3 is 10.0 Å². The third kappa shape index (κ3) is 1.56. The summed E-state index contributed by atoms with van der Waals surface area (Å²) >= 11 is 3.91. The zero-order chi connectivity index (χ0) is 11.2. The summed E-state index contributed by atoms with van der Waals surface area (Å²) in [5.41, 5.74) is 0.108. The molecule has 0 aliphatic carbocycles. The minimum atomic E-state index is -0.857. The van der Waals surface area contributed by atoms with Gasteiger partial charge in [0.05, 0.1) is 12.3 Å². The van der Waals surface area contributed by atoms with Crippen molar-refractivity contribution in [1.82, 2.24) is 4.90 Å². The molecule has 0 amide bonds. The van der Waals surface area contributed by atoms with E-state index in [1.165, 1.54) is 3.57 Å². The summed E-state index contributed by atoms with van der Waals surface area (Å²) in [6.07, 6.45) is 0. The Bertz CT molecular complexity index is 448. The van der Waals surface area contributed by atoms with Gasteiger partial charge in [-0.05, 0) is 34.7 Å². The van der Waals surface area contributed by atoms with Crippen molar-refractivity contribution in [2.45, 2.75) is 5.72 Å². The molecule has 2 aliphatic rings. The van der Waals surface area contributed by atoms with Crippen molar-refractivity contribution >= 4 is 39.5 Å². The summed E-state index contributed by atoms with van der Waals surface area (Å²) in [7, 11) is 0. The minimum absolute atomic E-state index is 0.673. The Morgan fingerprint density at radius 2 is 2.12 bits per heavy atom. The molecular weight excluding hydrogens is 335 g/mol. The molecule has 0 bridgehead atoms. The number of nitrogens with zero attached hydrogens (tertiary/aromatic N) is 2. The highest BCUT2D eigenvalue weighted by atomic mass is 127. The molecule has 1 saturated heterocycles. The van der Waals surface area contributed by atoms with Gasteiger partial charge in [-0.3, -0.25) is 4.99 Å². The lowest BCUT2D eigenvalue weighted by atomic mass is 10.0. The first-order valence-electron chi connectivity index (χ1n) is 5.13. The van der Waals surface area contributed by atoms with Gasteiger partial charge in [0.25, 0.3) is 0 Å². The SMILES string of the molecule is O[C@@]1(c2ccc(I)cc2)CSC2=NCCN21. The normalized spacial score (nSPS) is 28.1. The van der Waals surface area contributed by atoms with Gasteiger partial charge in [0.15, 0.2) is 10.9 Å². The standard InChI is InChI=1S/C11H11IN2OS/c12-9-3-1-8(2-4-9)11(15)7-16-10-13-5-6-14(10)11/h1-4,15H,5-7H2/t11-/m1/s1. The average molecular weight is 346 g/mol. The highest BCUT2D eigenvalue weighted by Gasteiger charge is 2.46. The third-order valence-corrected chi connectivity index (χ3v) is 4.83. The molecule has 0 saturated carbocycles. The van der Waals surface area contributed by atoms with E-state index in [9.17, 15) is 5.11 Å². The summed E-state index contributed by atoms with van der Waals surface area (Å²) in [6, 6.07) is 8.07. The van der Waals surface area contributed by atoms with Crippen LogP contribution >= 0.6 is 34.4 Å². The number of amidine groups is 1. The quantitative estimate of drug-likeness (QED) is 0.789. The van der Waals surface area contributed by atoms with Crippen LogP contribution in [0.2, 0.25) is 0 Å². The molecule has 1 aromatic carbocycles. The van der Waals surface area contributed by atoms with Crippen LogP contribution in [0, 0.1) is 3.57 Å². The van der Waals surface area contributed by atoms with Crippen LogP contribution in [0.15, 0.2) is 29.3 Å². The molecule has 2 heterocycles. The molecule has 1 aromatic rings. The molecule has 1 fully saturated rings. The van der Waals surface area contributed by atoms with Crippen molar-refractivity contribution in [3.63, 3.8) is 0 Å². The number of benzene rings is 1. The maximum atomic E-state index is 10.7. The molecule has 3 nitrogen and oxygen atoms in total. The topological polar surface area (TPSA) is 35.8 Å². The fourth-order valence-electron chi connectivity index (χ4n) is 2.09. The monoisotopic (exact) mass is 346 g/mol. The highest BCUT2D eigenvalue weighted by Crippen LogP contribution is 2.40. The van der Waals surface area contributed by atoms with Crippen molar-refractivity contribution in [1.29, 1.82) is 0 Å². The van der Waals surface area contributed by atoms with E-state index in [0.717, 1.165) is 23.8 Å². The molecule has 16 heavy (non-hydrogen) atoms. The Morgan fingerprint density at radius 1 is 1.38 bits per heavy atom. The fraction of sp³-hybridized carbons (Fsp3) is 0.364. The van der Waals surface area contributed by atoms with Crippen molar-refractivity contribution in [2.75, 3.05) is 18.8 Å². The van der Waals surface area contributed by atoms with E-state index in [-0.39, 0.29) is 0 Å². The molecule has 0 spiro atoms. The lowest BCUT2D eigenvalue weighted by Crippen LogP contribution is -2.43. The molecule has 1 atom stereocenters. The summed E-state index contributed by atoms with van der Waals surface area (Å²) < 4.78 is 1.19. The molecule has 5 heteroatoms. The van der Waals surface area contributed by atoms with Crippen molar-refractivity contribution in [3.8, 4) is 0 Å². The first-order chi connectivity index (χ1) is 7.70. The van der Waals surface area contributed by atoms with Crippen molar-refractivity contribution in [3.05, 3.63) is 33.4 Å². The Kier molecular flexibility index (Phi) is 2.64. The van der Waals surface area contributed by atoms with Crippen molar-refractivity contribution in [2.24, 2.45) is 4.99 Å². The zero-order valence-electron chi connectivity index (χ0n) is 8.56. The molecule has 3 rings (SSSR count). The summed E-state index contributed by atoms with van der Waals surface area (Å²) in [5, 5.41) is 11.7. The first kappa shape index (κ1) is 10.9. The molecule has 0 radical (unpaired) electrons. The van der Waals surface area contributed by atoms with Gasteiger partial charge in [0.2, 0.25) is 0 Å². The van der Waals surface area contributed by atoms with E-state index in [2.05, 4.69) is 27.6 Å². The van der Waals surface area contributed by atoms with Gasteiger partial charge in [0, 0.05) is 15.7 Å². The third-order valence-electron chi connectivity index (χ3n) is 2.96. The second kappa shape index (κ2) is 3.89. The summed E-state index contributed by atoms with van der Waals surface area (Å²) in [5.74, 6) is 0.673. The maximum Gasteiger partial charge on any atom is 0.175 e. The minimum Gasteiger partial charge on any atom is -0.366 e. The number of aliphatic imine (C=N–C) groups is 1. The smallest absolute Gasteiger partial charge is 0.175 e. The van der Waals surface area contributed by atoms with Crippen LogP contribution in [0.3, 0.4) is 0 Å². The average Bonchev–Trinajstić information content (AvgIpc) is 2.85. The number of thioether (sulfide) groups is 1. The number of halogens is 1. The molecule has 84 valence electrons. The Labute approximate surface area is 112 Å². The lowest BCUT2D eigenvalue weighted by molar-refractivity contribution is -0.0425. The van der Waals surface area contributed by atoms with Crippen LogP contribution in [0.25, 0.3) is 0 Å². The molecule has 0 unspecified atom stereocenters. The molecule has 0 aromatic heterocycles. The largest absolute Gasteiger partial charge is 0.366 e. The summed E-state index contributed by atoms with van der Waals surface area (Å²) in [6.45, 7) is 1.62. The highest BCUT2D eigenvalue weighted by molar-refractivity contribution is 14.1. The number of hydrogen-bond donors (Lipinski definition) is 1. The molecular formula is C11H11IN2OS. The van der Waals surface area contributed by atoms with Gasteiger partial charge in [-0.1, -0.05) is 23.9 Å². The van der Waals surface area contributed by atoms with E-state index >= 15 is 0 Å². The van der Waals surface area contributed by atoms with Crippen LogP contribution in [0.4, 0.5) is 0 Å². The molecule has 1 N–H and O–H groups in total. The predicted molar refractivity (Wildman–Crippen MR) is 74.5 cm³/mol. The molecule has 2 aliphatic heterocycles. The second-order valence-electron chi connectivity index (χ2n) is 3.93. The Hall–Kier alpha value is -0.270. The van der Waals surface area contributed by atoms with Crippen LogP contribution in [0.5, 0.6) is 0 Å². The van der Waals surface area contributed by atoms with Gasteiger partial charge >= 0.3 is 0 Å². The van der Waals surface area contributed by atoms with Crippen LogP contribution in [-0.4, -0.2) is 34.0 Å². The Morgan fingerprint density at radius 3 is 2.88 bits per heavy atom. The van der Waals surface area contributed by atoms with Gasteiger partial charge in [-0.25, -0.2) is 0 Å². The lowest BCUT2D eigenvalue weighted by Gasteiger charge is -2.31. The van der Waals surface area contributed by atoms with Crippen molar-refractivity contribution < 1.29 is 5.11 Å². The zero-order valence-corrected chi connectivity index (χ0v) is 11.5. The number of hydrogen-bond acceptors (Lipinski definition) is 4. The van der Waals surface area contributed by atoms with E-state index in [4.69, 9.17) is 0 Å². The predicted octanol–water partition coefficient (Wildman–Crippen LogP) is 1.85. The van der Waals surface area contributed by atoms with E-state index in [1.807, 2.05) is 29.2 Å². The van der Waals surface area contributed by atoms with Gasteiger partial charge in [-0.2, -0.15) is 0 Å². The Balaban J connectivity index is 1.99. The number of rotatable bonds is 1. The number of fused-ring (bicyclic) bond motifs is 1. The second-order valence-corrected chi connectivity index (χ2v) is 6.12. The van der Waals surface area contributed by atoms with E-state index in [1.54, 1.807) is 11.8 Å². The van der Waals surface area contributed by atoms with E-state index < -0.39 is 5.72 Å². The van der Waals surface area contributed by atoms with Crippen LogP contribution in [0.1, 0.15) is 5.56 Å². The summed E-state index contributed by atoms with van der Waals surface area (Å²) in [4.78, 5) is 6.39. The fourth-order valence-corrected chi connectivity index (χ4v) is 3.69. The van der Waals surface area contributed by atoms with Crippen LogP contribution in [-0.2, 0) is 5.72 Å². The van der Waals surface area contributed by atoms with Gasteiger partial charge in [0.1, 0.15) is 0 Å². The van der Waals surface area contributed by atoms with E-state index in [0.29, 0.717) is 5.75 Å². The van der Waals surface area contributed by atoms with Crippen LogP contribution < -0.4 is 0 Å². The maximum absolute atomic E-state index is 10.7. The van der Waals surface area contributed by atoms with Gasteiger partial charge in [-0.15, -0.1) is 0 Å².